The summed E-state index contributed by atoms with van der Waals surface area (Å²) in [7, 11) is 0. The van der Waals surface area contributed by atoms with Gasteiger partial charge in [-0.2, -0.15) is 0 Å². The number of likely N-dealkylation sites (tertiary alicyclic amines) is 1. The molecule has 0 saturated carbocycles. The minimum absolute atomic E-state index is 0. The lowest BCUT2D eigenvalue weighted by atomic mass is 9.74. The van der Waals surface area contributed by atoms with E-state index in [2.05, 4.69) is 11.8 Å². The van der Waals surface area contributed by atoms with Gasteiger partial charge in [-0.15, -0.1) is 17.0 Å². The summed E-state index contributed by atoms with van der Waals surface area (Å²) < 4.78 is 0. The number of hydrogen-bond acceptors (Lipinski definition) is 3. The molecule has 3 nitrogen and oxygen atoms in total. The van der Waals surface area contributed by atoms with Crippen LogP contribution in [0.4, 0.5) is 0 Å². The monoisotopic (exact) mass is 341 g/mol. The molecule has 0 aromatic heterocycles. The van der Waals surface area contributed by atoms with E-state index in [-0.39, 0.29) is 28.5 Å². The first kappa shape index (κ1) is 15.6. The first-order valence-electron chi connectivity index (χ1n) is 7.50. The summed E-state index contributed by atoms with van der Waals surface area (Å²) in [6.45, 7) is 4.64. The zero-order chi connectivity index (χ0) is 13.4. The Hall–Kier alpha value is -0.740. The van der Waals surface area contributed by atoms with E-state index >= 15 is 0 Å². The van der Waals surface area contributed by atoms with Crippen LogP contribution >= 0.6 is 17.0 Å². The average Bonchev–Trinajstić information content (AvgIpc) is 2.43. The zero-order valence-corrected chi connectivity index (χ0v) is 13.7. The molecular formula is C16H24BrNO2. The number of halogens is 1. The Labute approximate surface area is 131 Å². The maximum absolute atomic E-state index is 10.0. The van der Waals surface area contributed by atoms with Crippen LogP contribution in [-0.4, -0.2) is 34.2 Å². The van der Waals surface area contributed by atoms with E-state index in [1.165, 1.54) is 37.9 Å². The van der Waals surface area contributed by atoms with E-state index in [9.17, 15) is 10.2 Å². The van der Waals surface area contributed by atoms with E-state index in [0.29, 0.717) is 12.0 Å². The van der Waals surface area contributed by atoms with Crippen LogP contribution in [0.3, 0.4) is 0 Å². The van der Waals surface area contributed by atoms with Gasteiger partial charge < -0.3 is 10.2 Å². The minimum atomic E-state index is 0. The third-order valence-corrected chi connectivity index (χ3v) is 4.79. The van der Waals surface area contributed by atoms with Crippen LogP contribution in [-0.2, 0) is 6.42 Å². The zero-order valence-electron chi connectivity index (χ0n) is 12.0. The van der Waals surface area contributed by atoms with Crippen molar-refractivity contribution < 1.29 is 10.2 Å². The molecule has 0 bridgehead atoms. The Morgan fingerprint density at radius 3 is 2.80 bits per heavy atom. The van der Waals surface area contributed by atoms with Gasteiger partial charge in [0.05, 0.1) is 0 Å². The molecule has 2 N–H and O–H groups in total. The highest BCUT2D eigenvalue weighted by Gasteiger charge is 2.37. The van der Waals surface area contributed by atoms with Crippen molar-refractivity contribution in [3.63, 3.8) is 0 Å². The molecule has 3 rings (SSSR count). The molecular weight excluding hydrogens is 318 g/mol. The Bertz CT molecular complexity index is 476. The van der Waals surface area contributed by atoms with Crippen LogP contribution in [0.2, 0.25) is 0 Å². The SMILES string of the molecule is Br.CCCN1CCC[C@@H]2c3ccc(O)c(O)c3CC[C@H]21. The van der Waals surface area contributed by atoms with Gasteiger partial charge in [-0.25, -0.2) is 0 Å². The Morgan fingerprint density at radius 1 is 1.25 bits per heavy atom. The fourth-order valence-electron chi connectivity index (χ4n) is 3.98. The number of phenols is 2. The summed E-state index contributed by atoms with van der Waals surface area (Å²) in [5.41, 5.74) is 2.26. The van der Waals surface area contributed by atoms with Gasteiger partial charge in [0, 0.05) is 11.6 Å². The van der Waals surface area contributed by atoms with E-state index in [1.54, 1.807) is 6.07 Å². The van der Waals surface area contributed by atoms with Gasteiger partial charge in [0.2, 0.25) is 0 Å². The molecule has 0 amide bonds. The molecule has 112 valence electrons. The smallest absolute Gasteiger partial charge is 0.160 e. The van der Waals surface area contributed by atoms with Gasteiger partial charge in [-0.05, 0) is 62.7 Å². The molecule has 0 spiro atoms. The lowest BCUT2D eigenvalue weighted by Crippen LogP contribution is -2.46. The van der Waals surface area contributed by atoms with Gasteiger partial charge in [0.25, 0.3) is 0 Å². The van der Waals surface area contributed by atoms with E-state index in [0.717, 1.165) is 18.4 Å². The van der Waals surface area contributed by atoms with Gasteiger partial charge >= 0.3 is 0 Å². The maximum Gasteiger partial charge on any atom is 0.160 e. The van der Waals surface area contributed by atoms with Crippen LogP contribution < -0.4 is 0 Å². The first-order valence-corrected chi connectivity index (χ1v) is 7.50. The molecule has 1 saturated heterocycles. The van der Waals surface area contributed by atoms with Crippen LogP contribution in [0.25, 0.3) is 0 Å². The molecule has 20 heavy (non-hydrogen) atoms. The van der Waals surface area contributed by atoms with Crippen molar-refractivity contribution in [1.29, 1.82) is 0 Å². The standard InChI is InChI=1S/C16H23NO2.BrH/c1-2-9-17-10-3-4-12-11-6-8-15(18)16(19)13(11)5-7-14(12)17;/h6,8,12,14,18-19H,2-5,7,9-10H2,1H3;1H/t12-,14-;/m1./s1. The Balaban J connectivity index is 0.00000147. The fraction of sp³-hybridized carbons (Fsp3) is 0.625. The fourth-order valence-corrected chi connectivity index (χ4v) is 3.98. The van der Waals surface area contributed by atoms with Crippen molar-refractivity contribution in [2.45, 2.75) is 51.0 Å². The number of rotatable bonds is 2. The molecule has 2 aliphatic rings. The lowest BCUT2D eigenvalue weighted by molar-refractivity contribution is 0.112. The molecule has 0 radical (unpaired) electrons. The largest absolute Gasteiger partial charge is 0.504 e. The van der Waals surface area contributed by atoms with E-state index in [4.69, 9.17) is 0 Å². The normalized spacial score (nSPS) is 25.4. The number of nitrogens with zero attached hydrogens (tertiary/aromatic N) is 1. The van der Waals surface area contributed by atoms with Crippen LogP contribution in [0.15, 0.2) is 12.1 Å². The molecule has 1 aromatic rings. The summed E-state index contributed by atoms with van der Waals surface area (Å²) >= 11 is 0. The van der Waals surface area contributed by atoms with Gasteiger partial charge in [0.15, 0.2) is 11.5 Å². The Morgan fingerprint density at radius 2 is 2.05 bits per heavy atom. The van der Waals surface area contributed by atoms with E-state index < -0.39 is 0 Å². The molecule has 1 heterocycles. The number of phenolic OH excluding ortho intramolecular Hbond substituents is 2. The van der Waals surface area contributed by atoms with E-state index in [1.807, 2.05) is 6.07 Å². The summed E-state index contributed by atoms with van der Waals surface area (Å²) in [6, 6.07) is 4.30. The van der Waals surface area contributed by atoms with Gasteiger partial charge in [-0.1, -0.05) is 13.0 Å². The number of aromatic hydroxyl groups is 2. The lowest BCUT2D eigenvalue weighted by Gasteiger charge is -2.45. The van der Waals surface area contributed by atoms with Crippen LogP contribution in [0.5, 0.6) is 11.5 Å². The minimum Gasteiger partial charge on any atom is -0.504 e. The predicted octanol–water partition coefficient (Wildman–Crippen LogP) is 3.58. The highest BCUT2D eigenvalue weighted by atomic mass is 79.9. The molecule has 1 fully saturated rings. The number of piperidine rings is 1. The maximum atomic E-state index is 10.0. The molecule has 4 heteroatoms. The molecule has 1 aliphatic carbocycles. The topological polar surface area (TPSA) is 43.7 Å². The quantitative estimate of drug-likeness (QED) is 0.808. The second-order valence-electron chi connectivity index (χ2n) is 5.89. The third kappa shape index (κ3) is 2.56. The van der Waals surface area contributed by atoms with Crippen molar-refractivity contribution in [2.24, 2.45) is 0 Å². The average molecular weight is 342 g/mol. The Kier molecular flexibility index (Phi) is 4.97. The number of hydrogen-bond donors (Lipinski definition) is 2. The number of fused-ring (bicyclic) bond motifs is 3. The summed E-state index contributed by atoms with van der Waals surface area (Å²) in [5.74, 6) is 0.678. The molecule has 1 aromatic carbocycles. The molecule has 2 atom stereocenters. The van der Waals surface area contributed by atoms with Crippen LogP contribution in [0.1, 0.15) is 49.7 Å². The van der Waals surface area contributed by atoms with Gasteiger partial charge in [0.1, 0.15) is 0 Å². The molecule has 0 unspecified atom stereocenters. The third-order valence-electron chi connectivity index (χ3n) is 4.79. The van der Waals surface area contributed by atoms with Crippen molar-refractivity contribution in [1.82, 2.24) is 4.90 Å². The highest BCUT2D eigenvalue weighted by Crippen LogP contribution is 2.45. The summed E-state index contributed by atoms with van der Waals surface area (Å²) in [6.07, 6.45) is 5.65. The predicted molar refractivity (Wildman–Crippen MR) is 86.0 cm³/mol. The summed E-state index contributed by atoms with van der Waals surface area (Å²) in [5, 5.41) is 19.7. The van der Waals surface area contributed by atoms with Crippen molar-refractivity contribution in [3.05, 3.63) is 23.3 Å². The van der Waals surface area contributed by atoms with Gasteiger partial charge in [-0.3, -0.25) is 4.90 Å². The number of benzene rings is 1. The van der Waals surface area contributed by atoms with Crippen molar-refractivity contribution >= 4 is 17.0 Å². The second kappa shape index (κ2) is 6.35. The summed E-state index contributed by atoms with van der Waals surface area (Å²) in [4.78, 5) is 2.63. The van der Waals surface area contributed by atoms with Crippen LogP contribution in [0, 0.1) is 0 Å². The molecule has 1 aliphatic heterocycles. The van der Waals surface area contributed by atoms with Crippen molar-refractivity contribution in [3.8, 4) is 11.5 Å². The van der Waals surface area contributed by atoms with Crippen molar-refractivity contribution in [2.75, 3.05) is 13.1 Å². The highest BCUT2D eigenvalue weighted by molar-refractivity contribution is 8.93. The first-order chi connectivity index (χ1) is 9.22. The second-order valence-corrected chi connectivity index (χ2v) is 5.89.